The van der Waals surface area contributed by atoms with E-state index in [1.165, 1.54) is 12.3 Å². The lowest BCUT2D eigenvalue weighted by molar-refractivity contribution is -0.203. The van der Waals surface area contributed by atoms with Crippen LogP contribution in [0.15, 0.2) is 97.2 Å². The molecule has 1 amide bonds. The molecule has 0 spiro atoms. The summed E-state index contributed by atoms with van der Waals surface area (Å²) in [4.78, 5) is 52.0. The van der Waals surface area contributed by atoms with Gasteiger partial charge >= 0.3 is 7.82 Å². The van der Waals surface area contributed by atoms with E-state index in [4.69, 9.17) is 4.52 Å². The Bertz CT molecular complexity index is 1860. The van der Waals surface area contributed by atoms with Gasteiger partial charge in [0.2, 0.25) is 0 Å². The largest absolute Gasteiger partial charge is 0.471 e. The van der Waals surface area contributed by atoms with Crippen LogP contribution in [0.5, 0.6) is 0 Å². The van der Waals surface area contributed by atoms with Crippen LogP contribution in [0.2, 0.25) is 0 Å². The Morgan fingerprint density at radius 1 is 1.00 bits per heavy atom. The summed E-state index contributed by atoms with van der Waals surface area (Å²) in [5.74, 6) is -1.17. The van der Waals surface area contributed by atoms with Gasteiger partial charge in [-0.1, -0.05) is 66.7 Å². The Morgan fingerprint density at radius 2 is 1.68 bits per heavy atom. The number of carbonyl (C=O) groups is 2. The first-order valence-electron chi connectivity index (χ1n) is 15.4. The van der Waals surface area contributed by atoms with Crippen LogP contribution in [0.4, 0.5) is 5.69 Å². The summed E-state index contributed by atoms with van der Waals surface area (Å²) >= 11 is 0. The monoisotopic (exact) mass is 656 g/mol. The number of pyridine rings is 1. The van der Waals surface area contributed by atoms with Gasteiger partial charge in [-0.3, -0.25) is 24.0 Å². The van der Waals surface area contributed by atoms with E-state index in [1.807, 2.05) is 48.5 Å². The van der Waals surface area contributed by atoms with Gasteiger partial charge in [0.15, 0.2) is 5.78 Å². The third-order valence-electron chi connectivity index (χ3n) is 9.89. The molecule has 0 saturated heterocycles. The number of aryl methyl sites for hydroxylation is 1. The molecule has 11 heteroatoms. The molecule has 47 heavy (non-hydrogen) atoms. The van der Waals surface area contributed by atoms with Gasteiger partial charge in [-0.05, 0) is 80.0 Å². The Balaban J connectivity index is 1.46. The topological polar surface area (TPSA) is 157 Å². The number of anilines is 1. The maximum Gasteiger partial charge on any atom is 0.471 e. The fourth-order valence-corrected chi connectivity index (χ4v) is 7.89. The highest BCUT2D eigenvalue weighted by Gasteiger charge is 2.62. The number of nitrogens with zero attached hydrogens (tertiary/aromatic N) is 2. The smallest absolute Gasteiger partial charge is 0.387 e. The zero-order valence-electron chi connectivity index (χ0n) is 26.1. The van der Waals surface area contributed by atoms with Crippen LogP contribution in [-0.2, 0) is 26.5 Å². The van der Waals surface area contributed by atoms with Crippen LogP contribution in [-0.4, -0.2) is 49.0 Å². The van der Waals surface area contributed by atoms with E-state index in [9.17, 15) is 34.2 Å². The van der Waals surface area contributed by atoms with Crippen molar-refractivity contribution in [1.29, 1.82) is 0 Å². The average molecular weight is 657 g/mol. The van der Waals surface area contributed by atoms with Crippen molar-refractivity contribution in [1.82, 2.24) is 4.98 Å². The lowest BCUT2D eigenvalue weighted by Gasteiger charge is -2.59. The maximum atomic E-state index is 14.0. The summed E-state index contributed by atoms with van der Waals surface area (Å²) in [7, 11) is -4.93. The average Bonchev–Trinajstić information content (AvgIpc) is 3.03. The molecule has 1 saturated carbocycles. The van der Waals surface area contributed by atoms with Crippen molar-refractivity contribution in [3.63, 3.8) is 0 Å². The van der Waals surface area contributed by atoms with E-state index in [0.717, 1.165) is 10.5 Å². The molecule has 2 aliphatic rings. The standard InChI is InChI=1S/C36H37N2O8P/c1-24-31(14-9-17-37-24)38(23-46-47(43,44)45)33(40)26-15-16-30-29(18-26)32(39)19-28-21-36(42,27-12-7-4-8-13-27)34(2,41)22-35(28,30)20-25-10-5-3-6-11-25/h3-18,28,41-42H,19-23H2,1-2H3,(H2,43,44,45). The molecule has 4 aromatic rings. The van der Waals surface area contributed by atoms with E-state index < -0.39 is 37.1 Å². The van der Waals surface area contributed by atoms with Crippen LogP contribution in [0.25, 0.3) is 0 Å². The number of ketones is 1. The minimum absolute atomic E-state index is 0.0927. The summed E-state index contributed by atoms with van der Waals surface area (Å²) in [6, 6.07) is 26.9. The predicted octanol–water partition coefficient (Wildman–Crippen LogP) is 5.22. The summed E-state index contributed by atoms with van der Waals surface area (Å²) in [5.41, 5.74) is -0.497. The Morgan fingerprint density at radius 3 is 2.34 bits per heavy atom. The number of phosphoric ester groups is 1. The molecular weight excluding hydrogens is 619 g/mol. The van der Waals surface area contributed by atoms with Gasteiger partial charge in [-0.2, -0.15) is 0 Å². The summed E-state index contributed by atoms with van der Waals surface area (Å²) in [6.07, 6.45) is 2.41. The zero-order chi connectivity index (χ0) is 33.6. The highest BCUT2D eigenvalue weighted by molar-refractivity contribution is 7.46. The van der Waals surface area contributed by atoms with Crippen molar-refractivity contribution >= 4 is 25.2 Å². The fraction of sp³-hybridized carbons (Fsp3) is 0.306. The number of rotatable bonds is 8. The minimum atomic E-state index is -4.93. The molecule has 2 aliphatic carbocycles. The van der Waals surface area contributed by atoms with E-state index in [-0.39, 0.29) is 36.5 Å². The Labute approximate surface area is 272 Å². The highest BCUT2D eigenvalue weighted by Crippen LogP contribution is 2.60. The van der Waals surface area contributed by atoms with Crippen molar-refractivity contribution < 1.29 is 38.7 Å². The van der Waals surface area contributed by atoms with Crippen LogP contribution in [0.3, 0.4) is 0 Å². The van der Waals surface area contributed by atoms with E-state index in [0.29, 0.717) is 34.5 Å². The molecule has 1 aromatic heterocycles. The van der Waals surface area contributed by atoms with Gasteiger partial charge in [-0.15, -0.1) is 0 Å². The second-order valence-corrected chi connectivity index (χ2v) is 14.1. The molecule has 0 bridgehead atoms. The van der Waals surface area contributed by atoms with Crippen LogP contribution in [0, 0.1) is 12.8 Å². The molecule has 4 unspecified atom stereocenters. The third-order valence-corrected chi connectivity index (χ3v) is 10.3. The van der Waals surface area contributed by atoms with Crippen LogP contribution in [0.1, 0.15) is 69.3 Å². The molecule has 0 radical (unpaired) electrons. The predicted molar refractivity (Wildman–Crippen MR) is 175 cm³/mol. The molecule has 1 heterocycles. The number of carbonyl (C=O) groups excluding carboxylic acids is 2. The number of benzene rings is 3. The van der Waals surface area contributed by atoms with Crippen LogP contribution < -0.4 is 4.90 Å². The number of amides is 1. The van der Waals surface area contributed by atoms with E-state index in [2.05, 4.69) is 4.98 Å². The van der Waals surface area contributed by atoms with Crippen molar-refractivity contribution in [3.05, 3.63) is 131 Å². The molecule has 4 N–H and O–H groups in total. The summed E-state index contributed by atoms with van der Waals surface area (Å²) in [6.45, 7) is 2.55. The lowest BCUT2D eigenvalue weighted by Crippen LogP contribution is -2.63. The van der Waals surface area contributed by atoms with Gasteiger partial charge < -0.3 is 20.0 Å². The molecule has 3 aromatic carbocycles. The highest BCUT2D eigenvalue weighted by atomic mass is 31.2. The Kier molecular flexibility index (Phi) is 8.55. The van der Waals surface area contributed by atoms with Crippen molar-refractivity contribution in [2.24, 2.45) is 5.92 Å². The van der Waals surface area contributed by atoms with Gasteiger partial charge in [0.1, 0.15) is 12.3 Å². The van der Waals surface area contributed by atoms with E-state index in [1.54, 1.807) is 50.2 Å². The molecule has 0 aliphatic heterocycles. The number of fused-ring (bicyclic) bond motifs is 3. The normalized spacial score (nSPS) is 25.5. The van der Waals surface area contributed by atoms with Gasteiger partial charge in [0, 0.05) is 29.2 Å². The number of phosphoric acid groups is 1. The first-order chi connectivity index (χ1) is 22.2. The first kappa shape index (κ1) is 32.9. The summed E-state index contributed by atoms with van der Waals surface area (Å²) in [5, 5.41) is 24.3. The maximum absolute atomic E-state index is 14.0. The van der Waals surface area contributed by atoms with Crippen molar-refractivity contribution in [2.45, 2.75) is 56.1 Å². The minimum Gasteiger partial charge on any atom is -0.387 e. The van der Waals surface area contributed by atoms with Crippen molar-refractivity contribution in [3.8, 4) is 0 Å². The van der Waals surface area contributed by atoms with Gasteiger partial charge in [0.25, 0.3) is 5.91 Å². The number of Topliss-reactive ketones (excluding diaryl/α,β-unsaturated/α-hetero) is 1. The van der Waals surface area contributed by atoms with E-state index >= 15 is 0 Å². The second kappa shape index (κ2) is 12.2. The quantitative estimate of drug-likeness (QED) is 0.147. The molecule has 1 fully saturated rings. The fourth-order valence-electron chi connectivity index (χ4n) is 7.63. The zero-order valence-corrected chi connectivity index (χ0v) is 27.0. The molecule has 6 rings (SSSR count). The van der Waals surface area contributed by atoms with Gasteiger partial charge in [0.05, 0.1) is 17.0 Å². The van der Waals surface area contributed by atoms with Crippen molar-refractivity contribution in [2.75, 3.05) is 11.6 Å². The second-order valence-electron chi connectivity index (χ2n) is 12.9. The van der Waals surface area contributed by atoms with Gasteiger partial charge in [-0.25, -0.2) is 4.57 Å². The number of hydrogen-bond donors (Lipinski definition) is 4. The molecule has 244 valence electrons. The molecule has 4 atom stereocenters. The Hall–Kier alpha value is -4.02. The lowest BCUT2D eigenvalue weighted by atomic mass is 9.48. The molecule has 10 nitrogen and oxygen atoms in total. The molecular formula is C36H37N2O8P. The SMILES string of the molecule is Cc1ncccc1N(COP(=O)(O)O)C(=O)c1ccc2c(c1)C(=O)CC1CC(O)(c3ccccc3)C(C)(O)CC21Cc1ccccc1. The number of aliphatic hydroxyl groups is 2. The summed E-state index contributed by atoms with van der Waals surface area (Å²) < 4.78 is 16.3. The third kappa shape index (κ3) is 6.09. The first-order valence-corrected chi connectivity index (χ1v) is 16.9. The van der Waals surface area contributed by atoms with Crippen LogP contribution >= 0.6 is 7.82 Å². The number of aromatic nitrogens is 1. The number of hydrogen-bond acceptors (Lipinski definition) is 7.